The molecule has 1 aliphatic carbocycles. The first-order chi connectivity index (χ1) is 12.6. The predicted molar refractivity (Wildman–Crippen MR) is 95.2 cm³/mol. The number of rotatable bonds is 4. The van der Waals surface area contributed by atoms with Gasteiger partial charge in [-0.15, -0.1) is 0 Å². The molecule has 0 saturated heterocycles. The summed E-state index contributed by atoms with van der Waals surface area (Å²) in [5.41, 5.74) is 1.11. The van der Waals surface area contributed by atoms with Crippen LogP contribution < -0.4 is 5.56 Å². The highest BCUT2D eigenvalue weighted by Gasteiger charge is 2.31. The summed E-state index contributed by atoms with van der Waals surface area (Å²) >= 11 is 5.95. The largest absolute Gasteiger partial charge is 0.460 e. The Morgan fingerprint density at radius 3 is 2.81 bits per heavy atom. The maximum atomic E-state index is 12.4. The number of halogens is 1. The van der Waals surface area contributed by atoms with Crippen molar-refractivity contribution in [2.75, 3.05) is 0 Å². The average Bonchev–Trinajstić information content (AvgIpc) is 3.28. The molecule has 26 heavy (non-hydrogen) atoms. The molecule has 0 spiro atoms. The Hall–Kier alpha value is -2.67. The second kappa shape index (κ2) is 6.92. The lowest BCUT2D eigenvalue weighted by Gasteiger charge is -2.20. The Kier molecular flexibility index (Phi) is 4.46. The molecule has 1 saturated carbocycles. The fraction of sp³-hybridized carbons (Fsp3) is 0.333. The summed E-state index contributed by atoms with van der Waals surface area (Å²) in [7, 11) is 0. The maximum Gasteiger partial charge on any atom is 0.328 e. The van der Waals surface area contributed by atoms with Gasteiger partial charge in [-0.2, -0.15) is 10.2 Å². The second-order valence-corrected chi connectivity index (χ2v) is 6.81. The van der Waals surface area contributed by atoms with Crippen LogP contribution in [0.1, 0.15) is 30.7 Å². The zero-order chi connectivity index (χ0) is 18.1. The van der Waals surface area contributed by atoms with Gasteiger partial charge in [-0.3, -0.25) is 9.59 Å². The highest BCUT2D eigenvalue weighted by molar-refractivity contribution is 6.30. The number of hydrogen-bond donors (Lipinski definition) is 0. The minimum atomic E-state index is -0.464. The zero-order valence-electron chi connectivity index (χ0n) is 13.9. The molecule has 0 aliphatic heterocycles. The van der Waals surface area contributed by atoms with Gasteiger partial charge in [-0.25, -0.2) is 9.20 Å². The molecule has 8 heteroatoms. The van der Waals surface area contributed by atoms with Crippen LogP contribution in [-0.4, -0.2) is 31.5 Å². The molecule has 7 nitrogen and oxygen atoms in total. The number of aromatic nitrogens is 4. The van der Waals surface area contributed by atoms with E-state index in [0.29, 0.717) is 10.5 Å². The molecule has 2 unspecified atom stereocenters. The van der Waals surface area contributed by atoms with Crippen molar-refractivity contribution in [2.45, 2.75) is 37.8 Å². The minimum absolute atomic E-state index is 0.151. The normalized spacial score (nSPS) is 19.7. The maximum absolute atomic E-state index is 12.4. The number of fused-ring (bicyclic) bond motifs is 1. The van der Waals surface area contributed by atoms with Crippen molar-refractivity contribution in [2.24, 2.45) is 0 Å². The van der Waals surface area contributed by atoms with Gasteiger partial charge < -0.3 is 4.74 Å². The van der Waals surface area contributed by atoms with Gasteiger partial charge in [0.2, 0.25) is 0 Å². The van der Waals surface area contributed by atoms with Gasteiger partial charge in [0.05, 0.1) is 6.20 Å². The first-order valence-electron chi connectivity index (χ1n) is 8.46. The fourth-order valence-corrected chi connectivity index (χ4v) is 3.60. The molecule has 0 N–H and O–H groups in total. The molecule has 2 atom stereocenters. The van der Waals surface area contributed by atoms with Crippen molar-refractivity contribution in [1.82, 2.24) is 19.4 Å². The average molecular weight is 373 g/mol. The number of esters is 1. The highest BCUT2D eigenvalue weighted by atomic mass is 35.5. The molecule has 3 aromatic rings. The first-order valence-corrected chi connectivity index (χ1v) is 8.84. The van der Waals surface area contributed by atoms with E-state index in [0.717, 1.165) is 29.5 Å². The van der Waals surface area contributed by atoms with Crippen LogP contribution >= 0.6 is 11.6 Å². The molecule has 1 fully saturated rings. The molecule has 134 valence electrons. The molecule has 0 radical (unpaired) electrons. The van der Waals surface area contributed by atoms with Crippen LogP contribution in [0.4, 0.5) is 0 Å². The number of nitrogens with zero attached hydrogens (tertiary/aromatic N) is 4. The number of carbonyl (C=O) groups excluding carboxylic acids is 1. The highest BCUT2D eigenvalue weighted by Crippen LogP contribution is 2.37. The quantitative estimate of drug-likeness (QED) is 0.657. The van der Waals surface area contributed by atoms with Crippen molar-refractivity contribution in [3.05, 3.63) is 63.8 Å². The number of benzene rings is 1. The van der Waals surface area contributed by atoms with E-state index < -0.39 is 5.97 Å². The van der Waals surface area contributed by atoms with Gasteiger partial charge in [0.15, 0.2) is 0 Å². The van der Waals surface area contributed by atoms with E-state index in [9.17, 15) is 9.59 Å². The Morgan fingerprint density at radius 2 is 2.00 bits per heavy atom. The van der Waals surface area contributed by atoms with Crippen LogP contribution in [0, 0.1) is 0 Å². The van der Waals surface area contributed by atoms with E-state index in [4.69, 9.17) is 16.3 Å². The van der Waals surface area contributed by atoms with Crippen LogP contribution in [0.15, 0.2) is 47.7 Å². The van der Waals surface area contributed by atoms with Crippen LogP contribution in [0.3, 0.4) is 0 Å². The van der Waals surface area contributed by atoms with E-state index >= 15 is 0 Å². The molecule has 1 aliphatic rings. The summed E-state index contributed by atoms with van der Waals surface area (Å²) in [5.74, 6) is -0.312. The molecule has 2 heterocycles. The molecule has 1 aromatic carbocycles. The van der Waals surface area contributed by atoms with Crippen molar-refractivity contribution in [3.8, 4) is 0 Å². The molecule has 0 amide bonds. The second-order valence-electron chi connectivity index (χ2n) is 6.37. The predicted octanol–water partition coefficient (Wildman–Crippen LogP) is 2.42. The lowest BCUT2D eigenvalue weighted by Crippen LogP contribution is -2.31. The summed E-state index contributed by atoms with van der Waals surface area (Å²) in [6.07, 6.45) is 5.47. The van der Waals surface area contributed by atoms with Gasteiger partial charge in [0, 0.05) is 10.9 Å². The van der Waals surface area contributed by atoms with Crippen LogP contribution in [0.5, 0.6) is 0 Å². The van der Waals surface area contributed by atoms with E-state index in [1.54, 1.807) is 6.07 Å². The molecule has 0 bridgehead atoms. The third-order valence-corrected chi connectivity index (χ3v) is 4.99. The summed E-state index contributed by atoms with van der Waals surface area (Å²) in [4.78, 5) is 24.7. The standard InChI is InChI=1S/C18H17ClN4O3/c19-13-6-4-12(5-7-13)14-2-1-3-16(14)26-17(24)10-22-18(25)15-8-9-20-23(15)11-21-22/h4-9,11,14,16H,1-3,10H2. The van der Waals surface area contributed by atoms with E-state index in [1.165, 1.54) is 17.0 Å². The van der Waals surface area contributed by atoms with E-state index in [1.807, 2.05) is 24.3 Å². The van der Waals surface area contributed by atoms with Gasteiger partial charge in [0.1, 0.15) is 24.5 Å². The van der Waals surface area contributed by atoms with E-state index in [2.05, 4.69) is 10.2 Å². The lowest BCUT2D eigenvalue weighted by molar-refractivity contribution is -0.150. The molecular weight excluding hydrogens is 356 g/mol. The van der Waals surface area contributed by atoms with E-state index in [-0.39, 0.29) is 24.1 Å². The van der Waals surface area contributed by atoms with Crippen LogP contribution in [-0.2, 0) is 16.1 Å². The lowest BCUT2D eigenvalue weighted by atomic mass is 9.96. The number of ether oxygens (including phenoxy) is 1. The van der Waals surface area contributed by atoms with Crippen molar-refractivity contribution in [3.63, 3.8) is 0 Å². The smallest absolute Gasteiger partial charge is 0.328 e. The van der Waals surface area contributed by atoms with Gasteiger partial charge >= 0.3 is 5.97 Å². The van der Waals surface area contributed by atoms with Crippen LogP contribution in [0.2, 0.25) is 5.02 Å². The van der Waals surface area contributed by atoms with Crippen LogP contribution in [0.25, 0.3) is 5.52 Å². The summed E-state index contributed by atoms with van der Waals surface area (Å²) in [5, 5.41) is 8.60. The number of hydrogen-bond acceptors (Lipinski definition) is 5. The van der Waals surface area contributed by atoms with Gasteiger partial charge in [0.25, 0.3) is 5.56 Å². The van der Waals surface area contributed by atoms with Crippen molar-refractivity contribution >= 4 is 23.1 Å². The Morgan fingerprint density at radius 1 is 1.19 bits per heavy atom. The van der Waals surface area contributed by atoms with Gasteiger partial charge in [-0.05, 0) is 43.0 Å². The fourth-order valence-electron chi connectivity index (χ4n) is 3.47. The Bertz CT molecular complexity index is 996. The Labute approximate surface area is 154 Å². The molecule has 2 aromatic heterocycles. The monoisotopic (exact) mass is 372 g/mol. The topological polar surface area (TPSA) is 78.5 Å². The zero-order valence-corrected chi connectivity index (χ0v) is 14.7. The third kappa shape index (κ3) is 3.22. The van der Waals surface area contributed by atoms with Crippen molar-refractivity contribution < 1.29 is 9.53 Å². The third-order valence-electron chi connectivity index (χ3n) is 4.74. The summed E-state index contributed by atoms with van der Waals surface area (Å²) < 4.78 is 8.14. The van der Waals surface area contributed by atoms with Gasteiger partial charge in [-0.1, -0.05) is 23.7 Å². The number of carbonyl (C=O) groups is 1. The Balaban J connectivity index is 1.47. The molecular formula is C18H17ClN4O3. The first kappa shape index (κ1) is 16.8. The SMILES string of the molecule is O=C(Cn1ncn2nccc2c1=O)OC1CCCC1c1ccc(Cl)cc1. The summed E-state index contributed by atoms with van der Waals surface area (Å²) in [6.45, 7) is -0.218. The molecule has 4 rings (SSSR count). The minimum Gasteiger partial charge on any atom is -0.460 e. The summed E-state index contributed by atoms with van der Waals surface area (Å²) in [6, 6.07) is 9.22. The van der Waals surface area contributed by atoms with Crippen molar-refractivity contribution in [1.29, 1.82) is 0 Å².